The molecule has 0 saturated carbocycles. The van der Waals surface area contributed by atoms with Gasteiger partial charge in [0.15, 0.2) is 0 Å². The van der Waals surface area contributed by atoms with Crippen molar-refractivity contribution < 1.29 is 0 Å². The Bertz CT molecular complexity index is 108. The van der Waals surface area contributed by atoms with Crippen LogP contribution in [0.25, 0.3) is 0 Å². The topological polar surface area (TPSA) is 0 Å². The lowest BCUT2D eigenvalue weighted by atomic mass is 10.5. The average Bonchev–Trinajstić information content (AvgIpc) is 2.16. The minimum absolute atomic E-state index is 0.821. The molecule has 0 aliphatic heterocycles. The van der Waals surface area contributed by atoms with E-state index in [2.05, 4.69) is 43.4 Å². The van der Waals surface area contributed by atoms with E-state index in [9.17, 15) is 0 Å². The smallest absolute Gasteiger partial charge is 0.0535 e. The molecule has 0 atom stereocenters. The molecule has 0 saturated heterocycles. The summed E-state index contributed by atoms with van der Waals surface area (Å²) in [5.41, 5.74) is 0. The maximum Gasteiger partial charge on any atom is 0.0535 e. The normalized spacial score (nSPS) is 12.0. The molecule has 0 aliphatic rings. The van der Waals surface area contributed by atoms with Gasteiger partial charge in [-0.05, 0) is 10.8 Å². The molecule has 0 aromatic rings. The molecule has 0 N–H and O–H groups in total. The molecule has 0 aromatic heterocycles. The molecule has 0 radical (unpaired) electrons. The van der Waals surface area contributed by atoms with Crippen molar-refractivity contribution in [1.82, 2.24) is 0 Å². The summed E-state index contributed by atoms with van der Waals surface area (Å²) in [5, 5.41) is 0. The Hall–Kier alpha value is 0.947. The predicted octanol–water partition coefficient (Wildman–Crippen LogP) is 5.49. The Morgan fingerprint density at radius 2 is 1.21 bits per heavy atom. The van der Waals surface area contributed by atoms with Gasteiger partial charge in [0.25, 0.3) is 0 Å². The summed E-state index contributed by atoms with van der Waals surface area (Å²) in [5.74, 6) is 0. The van der Waals surface area contributed by atoms with Crippen LogP contribution >= 0.6 is 22.6 Å². The summed E-state index contributed by atoms with van der Waals surface area (Å²) in [6.07, 6.45) is 5.75. The van der Waals surface area contributed by atoms with Crippen molar-refractivity contribution in [1.29, 1.82) is 0 Å². The van der Waals surface area contributed by atoms with Crippen LogP contribution < -0.4 is 0 Å². The Balaban J connectivity index is 4.21. The lowest BCUT2D eigenvalue weighted by molar-refractivity contribution is 0.886. The molecule has 0 aromatic carbocycles. The molecule has 0 bridgehead atoms. The zero-order chi connectivity index (χ0) is 10.9. The van der Waals surface area contributed by atoms with E-state index in [-0.39, 0.29) is 0 Å². The Labute approximate surface area is 105 Å². The molecule has 2 heteroatoms. The van der Waals surface area contributed by atoms with Gasteiger partial charge in [-0.2, -0.15) is 0 Å². The van der Waals surface area contributed by atoms with Crippen LogP contribution in [0.4, 0.5) is 0 Å². The fraction of sp³-hybridized carbons (Fsp3) is 1.00. The van der Waals surface area contributed by atoms with Crippen molar-refractivity contribution >= 4 is 30.7 Å². The zero-order valence-electron chi connectivity index (χ0n) is 10.2. The third-order valence-corrected chi connectivity index (χ3v) is 10.0. The van der Waals surface area contributed by atoms with Crippen LogP contribution in [0.2, 0.25) is 24.2 Å². The molecule has 14 heavy (non-hydrogen) atoms. The molecule has 0 amide bonds. The van der Waals surface area contributed by atoms with E-state index in [0.717, 1.165) is 0 Å². The van der Waals surface area contributed by atoms with Crippen molar-refractivity contribution in [3.05, 3.63) is 0 Å². The number of hydrogen-bond acceptors (Lipinski definition) is 0. The van der Waals surface area contributed by atoms with Crippen molar-refractivity contribution in [3.8, 4) is 0 Å². The standard InChI is InChI=1S/C12H27ISi/c1-4-9-14(10-5-2,11-6-3)12-7-8-13/h4-12H2,1-3H3. The van der Waals surface area contributed by atoms with Gasteiger partial charge in [-0.25, -0.2) is 0 Å². The third-order valence-electron chi connectivity index (χ3n) is 3.18. The highest BCUT2D eigenvalue weighted by atomic mass is 127. The van der Waals surface area contributed by atoms with Gasteiger partial charge >= 0.3 is 0 Å². The first-order chi connectivity index (χ1) is 6.74. The first kappa shape index (κ1) is 14.9. The molecular weight excluding hydrogens is 299 g/mol. The summed E-state index contributed by atoms with van der Waals surface area (Å²) in [6, 6.07) is 6.37. The van der Waals surface area contributed by atoms with Crippen molar-refractivity contribution in [2.45, 2.75) is 70.6 Å². The van der Waals surface area contributed by atoms with Gasteiger partial charge in [0.05, 0.1) is 8.07 Å². The number of hydrogen-bond donors (Lipinski definition) is 0. The van der Waals surface area contributed by atoms with E-state index in [0.29, 0.717) is 0 Å². The minimum atomic E-state index is -0.821. The molecule has 0 rings (SSSR count). The molecule has 0 spiro atoms. The highest BCUT2D eigenvalue weighted by molar-refractivity contribution is 14.1. The second kappa shape index (κ2) is 9.19. The number of rotatable bonds is 9. The van der Waals surface area contributed by atoms with Crippen LogP contribution in [0.1, 0.15) is 46.5 Å². The molecule has 0 unspecified atom stereocenters. The molecule has 0 fully saturated rings. The van der Waals surface area contributed by atoms with Gasteiger partial charge in [-0.3, -0.25) is 0 Å². The van der Waals surface area contributed by atoms with Crippen molar-refractivity contribution in [2.75, 3.05) is 4.43 Å². The van der Waals surface area contributed by atoms with Gasteiger partial charge in [-0.15, -0.1) is 0 Å². The van der Waals surface area contributed by atoms with Crippen molar-refractivity contribution in [3.63, 3.8) is 0 Å². The zero-order valence-corrected chi connectivity index (χ0v) is 13.4. The summed E-state index contributed by atoms with van der Waals surface area (Å²) < 4.78 is 1.36. The van der Waals surface area contributed by atoms with E-state index >= 15 is 0 Å². The summed E-state index contributed by atoms with van der Waals surface area (Å²) in [4.78, 5) is 0. The molecular formula is C12H27ISi. The SMILES string of the molecule is CCC[Si](CCC)(CCC)CCCI. The van der Waals surface area contributed by atoms with Crippen LogP contribution in [0.5, 0.6) is 0 Å². The van der Waals surface area contributed by atoms with Gasteiger partial charge in [0.2, 0.25) is 0 Å². The second-order valence-electron chi connectivity index (χ2n) is 4.54. The molecule has 0 aliphatic carbocycles. The monoisotopic (exact) mass is 326 g/mol. The van der Waals surface area contributed by atoms with E-state index in [1.165, 1.54) is 30.1 Å². The number of alkyl halides is 1. The largest absolute Gasteiger partial charge is 0.0864 e. The summed E-state index contributed by atoms with van der Waals surface area (Å²) >= 11 is 2.53. The van der Waals surface area contributed by atoms with Crippen LogP contribution in [-0.2, 0) is 0 Å². The first-order valence-electron chi connectivity index (χ1n) is 6.30. The lowest BCUT2D eigenvalue weighted by Gasteiger charge is -2.31. The van der Waals surface area contributed by atoms with E-state index in [1.54, 1.807) is 24.2 Å². The minimum Gasteiger partial charge on any atom is -0.0864 e. The van der Waals surface area contributed by atoms with Gasteiger partial charge in [-0.1, -0.05) is 86.8 Å². The predicted molar refractivity (Wildman–Crippen MR) is 79.4 cm³/mol. The van der Waals surface area contributed by atoms with Crippen LogP contribution in [0.3, 0.4) is 0 Å². The summed E-state index contributed by atoms with van der Waals surface area (Å²) in [6.45, 7) is 7.12. The molecule has 0 nitrogen and oxygen atoms in total. The fourth-order valence-electron chi connectivity index (χ4n) is 2.78. The van der Waals surface area contributed by atoms with E-state index in [4.69, 9.17) is 0 Å². The molecule has 86 valence electrons. The quantitative estimate of drug-likeness (QED) is 0.298. The van der Waals surface area contributed by atoms with E-state index in [1.807, 2.05) is 0 Å². The van der Waals surface area contributed by atoms with Crippen LogP contribution in [0.15, 0.2) is 0 Å². The Kier molecular flexibility index (Phi) is 9.81. The van der Waals surface area contributed by atoms with Crippen LogP contribution in [0, 0.1) is 0 Å². The first-order valence-corrected chi connectivity index (χ1v) is 10.7. The van der Waals surface area contributed by atoms with Gasteiger partial charge < -0.3 is 0 Å². The Morgan fingerprint density at radius 1 is 0.786 bits per heavy atom. The lowest BCUT2D eigenvalue weighted by Crippen LogP contribution is -2.33. The highest BCUT2D eigenvalue weighted by Crippen LogP contribution is 2.31. The Morgan fingerprint density at radius 3 is 1.50 bits per heavy atom. The van der Waals surface area contributed by atoms with Gasteiger partial charge in [0, 0.05) is 0 Å². The van der Waals surface area contributed by atoms with Gasteiger partial charge in [0.1, 0.15) is 0 Å². The third kappa shape index (κ3) is 5.74. The van der Waals surface area contributed by atoms with Crippen molar-refractivity contribution in [2.24, 2.45) is 0 Å². The maximum atomic E-state index is 2.53. The number of halogens is 1. The highest BCUT2D eigenvalue weighted by Gasteiger charge is 2.28. The maximum absolute atomic E-state index is 2.53. The van der Waals surface area contributed by atoms with Crippen LogP contribution in [-0.4, -0.2) is 12.5 Å². The van der Waals surface area contributed by atoms with E-state index < -0.39 is 8.07 Å². The average molecular weight is 326 g/mol. The fourth-order valence-corrected chi connectivity index (χ4v) is 9.49. The summed E-state index contributed by atoms with van der Waals surface area (Å²) in [7, 11) is -0.821. The molecule has 0 heterocycles. The second-order valence-corrected chi connectivity index (χ2v) is 10.6.